The maximum atomic E-state index is 12.7. The Balaban J connectivity index is 1.78. The summed E-state index contributed by atoms with van der Waals surface area (Å²) < 4.78 is 38.1. The Bertz CT molecular complexity index is 781. The zero-order chi connectivity index (χ0) is 20.7. The Morgan fingerprint density at radius 3 is 2.75 bits per heavy atom. The van der Waals surface area contributed by atoms with Crippen molar-refractivity contribution in [2.45, 2.75) is 50.4 Å². The molecule has 1 aliphatic rings. The highest BCUT2D eigenvalue weighted by Crippen LogP contribution is 2.31. The number of nitriles is 2. The number of nitrogens with zero attached hydrogens (tertiary/aromatic N) is 3. The smallest absolute Gasteiger partial charge is 0.384 e. The van der Waals surface area contributed by atoms with Crippen molar-refractivity contribution in [2.75, 3.05) is 18.4 Å². The number of rotatable bonds is 7. The lowest BCUT2D eigenvalue weighted by atomic mass is 10.1. The zero-order valence-corrected chi connectivity index (χ0v) is 15.3. The van der Waals surface area contributed by atoms with E-state index in [0.29, 0.717) is 44.5 Å². The summed E-state index contributed by atoms with van der Waals surface area (Å²) in [5.41, 5.74) is 5.34. The van der Waals surface area contributed by atoms with Crippen molar-refractivity contribution >= 4 is 11.6 Å². The van der Waals surface area contributed by atoms with E-state index in [1.54, 1.807) is 6.07 Å². The number of carbonyl (C=O) groups is 1. The second kappa shape index (κ2) is 9.43. The van der Waals surface area contributed by atoms with E-state index in [-0.39, 0.29) is 11.5 Å². The molecule has 1 saturated heterocycles. The van der Waals surface area contributed by atoms with Crippen LogP contribution in [0.15, 0.2) is 18.2 Å². The van der Waals surface area contributed by atoms with E-state index in [4.69, 9.17) is 16.3 Å². The van der Waals surface area contributed by atoms with Crippen molar-refractivity contribution in [1.29, 1.82) is 10.5 Å². The summed E-state index contributed by atoms with van der Waals surface area (Å²) in [4.78, 5) is 13.8. The number of nitrogens with one attached hydrogen (secondary N) is 1. The first-order valence-electron chi connectivity index (χ1n) is 9.09. The minimum absolute atomic E-state index is 0.0710. The molecule has 2 atom stereocenters. The number of amides is 1. The predicted octanol–water partition coefficient (Wildman–Crippen LogP) is 3.00. The molecule has 3 N–H and O–H groups in total. The highest BCUT2D eigenvalue weighted by Gasteiger charge is 2.32. The van der Waals surface area contributed by atoms with E-state index in [1.165, 1.54) is 11.0 Å². The first-order chi connectivity index (χ1) is 13.3. The van der Waals surface area contributed by atoms with Gasteiger partial charge in [-0.15, -0.1) is 0 Å². The second-order valence-corrected chi connectivity index (χ2v) is 6.72. The summed E-state index contributed by atoms with van der Waals surface area (Å²) in [6, 6.07) is 5.79. The number of carbonyl (C=O) groups excluding carboxylic acids is 1. The van der Waals surface area contributed by atoms with E-state index in [1.807, 2.05) is 0 Å². The molecule has 1 aromatic carbocycles. The molecule has 6 nitrogen and oxygen atoms in total. The molecular weight excluding hydrogens is 371 g/mol. The van der Waals surface area contributed by atoms with Gasteiger partial charge in [-0.05, 0) is 50.3 Å². The molecule has 0 saturated carbocycles. The Kier molecular flexibility index (Phi) is 7.24. The Labute approximate surface area is 161 Å². The maximum absolute atomic E-state index is 12.7. The molecule has 0 radical (unpaired) electrons. The van der Waals surface area contributed by atoms with Gasteiger partial charge in [0.05, 0.1) is 28.9 Å². The number of nitrogens with two attached hydrogens (primary N) is 1. The lowest BCUT2D eigenvalue weighted by Gasteiger charge is -2.23. The molecule has 1 amide bonds. The van der Waals surface area contributed by atoms with Crippen LogP contribution in [0, 0.1) is 22.7 Å². The quantitative estimate of drug-likeness (QED) is 0.693. The van der Waals surface area contributed by atoms with Gasteiger partial charge in [0.15, 0.2) is 0 Å². The van der Waals surface area contributed by atoms with Gasteiger partial charge in [0.1, 0.15) is 12.1 Å². The van der Waals surface area contributed by atoms with Crippen molar-refractivity contribution in [2.24, 2.45) is 5.73 Å². The minimum Gasteiger partial charge on any atom is -0.384 e. The third-order valence-electron chi connectivity index (χ3n) is 4.73. The number of unbranched alkanes of at least 4 members (excludes halogenated alkanes) is 1. The Hall–Kier alpha value is -2.78. The topological polar surface area (TPSA) is 106 Å². The summed E-state index contributed by atoms with van der Waals surface area (Å²) in [7, 11) is 0. The minimum atomic E-state index is -4.49. The molecule has 150 valence electrons. The number of likely N-dealkylation sites (tertiary alicyclic amines) is 1. The van der Waals surface area contributed by atoms with Crippen LogP contribution in [0.25, 0.3) is 0 Å². The fourth-order valence-corrected chi connectivity index (χ4v) is 3.18. The van der Waals surface area contributed by atoms with Crippen molar-refractivity contribution in [3.63, 3.8) is 0 Å². The van der Waals surface area contributed by atoms with Gasteiger partial charge in [0.25, 0.3) is 0 Å². The van der Waals surface area contributed by atoms with E-state index in [0.717, 1.165) is 18.6 Å². The van der Waals surface area contributed by atoms with E-state index in [9.17, 15) is 18.0 Å². The Morgan fingerprint density at radius 2 is 2.11 bits per heavy atom. The molecule has 28 heavy (non-hydrogen) atoms. The first-order valence-corrected chi connectivity index (χ1v) is 9.09. The molecule has 1 aliphatic heterocycles. The van der Waals surface area contributed by atoms with Crippen LogP contribution in [0.4, 0.5) is 18.9 Å². The van der Waals surface area contributed by atoms with Gasteiger partial charge < -0.3 is 16.0 Å². The number of halogens is 3. The summed E-state index contributed by atoms with van der Waals surface area (Å²) >= 11 is 0. The molecule has 0 aliphatic carbocycles. The molecular formula is C19H22F3N5O. The van der Waals surface area contributed by atoms with Gasteiger partial charge in [0, 0.05) is 13.1 Å². The van der Waals surface area contributed by atoms with Gasteiger partial charge in [-0.1, -0.05) is 0 Å². The van der Waals surface area contributed by atoms with Gasteiger partial charge in [0.2, 0.25) is 5.91 Å². The molecule has 9 heteroatoms. The van der Waals surface area contributed by atoms with Crippen LogP contribution in [-0.4, -0.2) is 36.0 Å². The molecule has 2 rings (SSSR count). The summed E-state index contributed by atoms with van der Waals surface area (Å²) in [5, 5.41) is 21.0. The van der Waals surface area contributed by atoms with Crippen LogP contribution in [0.5, 0.6) is 0 Å². The van der Waals surface area contributed by atoms with Gasteiger partial charge >= 0.3 is 6.18 Å². The monoisotopic (exact) mass is 393 g/mol. The van der Waals surface area contributed by atoms with E-state index >= 15 is 0 Å². The van der Waals surface area contributed by atoms with Gasteiger partial charge in [-0.2, -0.15) is 23.7 Å². The van der Waals surface area contributed by atoms with E-state index in [2.05, 4.69) is 11.4 Å². The number of alkyl halides is 3. The van der Waals surface area contributed by atoms with Crippen LogP contribution < -0.4 is 11.1 Å². The predicted molar refractivity (Wildman–Crippen MR) is 96.8 cm³/mol. The van der Waals surface area contributed by atoms with Crippen molar-refractivity contribution < 1.29 is 18.0 Å². The molecule has 1 aromatic rings. The van der Waals surface area contributed by atoms with Crippen LogP contribution in [0.1, 0.15) is 43.2 Å². The molecule has 1 heterocycles. The summed E-state index contributed by atoms with van der Waals surface area (Å²) in [5.74, 6) is -0.216. The SMILES string of the molecule is N#Cc1cc(C(F)(F)F)ccc1NCCCC[C@H](N)C(=O)N1CCC[C@H]1C#N. The number of benzene rings is 1. The normalized spacial score (nSPS) is 17.6. The van der Waals surface area contributed by atoms with Gasteiger partial charge in [-0.3, -0.25) is 4.79 Å². The van der Waals surface area contributed by atoms with Gasteiger partial charge in [-0.25, -0.2) is 0 Å². The third kappa shape index (κ3) is 5.37. The highest BCUT2D eigenvalue weighted by molar-refractivity contribution is 5.82. The van der Waals surface area contributed by atoms with Crippen LogP contribution in [0.3, 0.4) is 0 Å². The first kappa shape index (κ1) is 21.5. The van der Waals surface area contributed by atoms with Crippen molar-refractivity contribution in [1.82, 2.24) is 4.90 Å². The number of anilines is 1. The molecule has 0 aromatic heterocycles. The fraction of sp³-hybridized carbons (Fsp3) is 0.526. The van der Waals surface area contributed by atoms with Crippen LogP contribution in [-0.2, 0) is 11.0 Å². The summed E-state index contributed by atoms with van der Waals surface area (Å²) in [6.45, 7) is 0.989. The largest absolute Gasteiger partial charge is 0.416 e. The molecule has 1 fully saturated rings. The third-order valence-corrected chi connectivity index (χ3v) is 4.73. The lowest BCUT2D eigenvalue weighted by molar-refractivity contribution is -0.137. The summed E-state index contributed by atoms with van der Waals surface area (Å²) in [6.07, 6.45) is -1.30. The molecule has 0 bridgehead atoms. The standard InChI is InChI=1S/C19H22F3N5O/c20-19(21,22)14-6-7-17(13(10-14)11-23)26-8-2-1-5-16(25)18(28)27-9-3-4-15(27)12-24/h6-7,10,15-16,26H,1-5,8-9,25H2/t15-,16-/m0/s1. The highest BCUT2D eigenvalue weighted by atomic mass is 19.4. The van der Waals surface area contributed by atoms with Crippen molar-refractivity contribution in [3.05, 3.63) is 29.3 Å². The fourth-order valence-electron chi connectivity index (χ4n) is 3.18. The van der Waals surface area contributed by atoms with Crippen LogP contribution >= 0.6 is 0 Å². The zero-order valence-electron chi connectivity index (χ0n) is 15.3. The number of hydrogen-bond donors (Lipinski definition) is 2. The van der Waals surface area contributed by atoms with E-state index < -0.39 is 23.8 Å². The molecule has 0 unspecified atom stereocenters. The van der Waals surface area contributed by atoms with Crippen LogP contribution in [0.2, 0.25) is 0 Å². The van der Waals surface area contributed by atoms with Crippen molar-refractivity contribution in [3.8, 4) is 12.1 Å². The lowest BCUT2D eigenvalue weighted by Crippen LogP contribution is -2.45. The maximum Gasteiger partial charge on any atom is 0.416 e. The average molecular weight is 393 g/mol. The molecule has 0 spiro atoms. The Morgan fingerprint density at radius 1 is 1.36 bits per heavy atom. The average Bonchev–Trinajstić information content (AvgIpc) is 3.14. The number of hydrogen-bond acceptors (Lipinski definition) is 5. The second-order valence-electron chi connectivity index (χ2n) is 6.72.